The maximum atomic E-state index is 12.6. The van der Waals surface area contributed by atoms with Gasteiger partial charge in [-0.2, -0.15) is 14.9 Å². The highest BCUT2D eigenvalue weighted by Crippen LogP contribution is 2.23. The van der Waals surface area contributed by atoms with E-state index >= 15 is 0 Å². The van der Waals surface area contributed by atoms with E-state index in [1.54, 1.807) is 47.2 Å². The number of aromatic nitrogens is 5. The van der Waals surface area contributed by atoms with Crippen LogP contribution in [0, 0.1) is 11.3 Å². The quantitative estimate of drug-likeness (QED) is 0.474. The van der Waals surface area contributed by atoms with E-state index in [1.807, 2.05) is 48.5 Å². The van der Waals surface area contributed by atoms with Crippen LogP contribution in [0.1, 0.15) is 15.9 Å². The summed E-state index contributed by atoms with van der Waals surface area (Å²) in [7, 11) is 0. The van der Waals surface area contributed by atoms with Crippen LogP contribution in [-0.2, 0) is 0 Å². The van der Waals surface area contributed by atoms with E-state index in [-0.39, 0.29) is 5.91 Å². The molecule has 1 amide bonds. The molecule has 2 aromatic carbocycles. The monoisotopic (exact) mass is 417 g/mol. The standard InChI is InChI=1S/C24H15N7O/c25-14-16-4-1-6-18(12-16)24(32)27-20-8-2-5-17(13-20)21-9-10-22-28-29-23(31(22)30-21)19-7-3-11-26-15-19/h1-13,15H,(H,27,32). The molecule has 152 valence electrons. The number of amides is 1. The average Bonchev–Trinajstić information content (AvgIpc) is 3.28. The fourth-order valence-corrected chi connectivity index (χ4v) is 3.31. The van der Waals surface area contributed by atoms with Crippen molar-refractivity contribution in [1.29, 1.82) is 5.26 Å². The molecule has 0 fully saturated rings. The van der Waals surface area contributed by atoms with Crippen LogP contribution in [0.25, 0.3) is 28.3 Å². The van der Waals surface area contributed by atoms with Gasteiger partial charge in [0.15, 0.2) is 11.5 Å². The van der Waals surface area contributed by atoms with Crippen molar-refractivity contribution in [1.82, 2.24) is 24.8 Å². The molecule has 5 rings (SSSR count). The zero-order chi connectivity index (χ0) is 21.9. The number of nitrogens with zero attached hydrogens (tertiary/aromatic N) is 6. The Morgan fingerprint density at radius 2 is 1.81 bits per heavy atom. The van der Waals surface area contributed by atoms with Gasteiger partial charge in [0.2, 0.25) is 0 Å². The van der Waals surface area contributed by atoms with Crippen molar-refractivity contribution in [2.45, 2.75) is 0 Å². The molecule has 0 aliphatic heterocycles. The lowest BCUT2D eigenvalue weighted by molar-refractivity contribution is 0.102. The molecule has 0 saturated heterocycles. The number of hydrogen-bond acceptors (Lipinski definition) is 6. The first-order chi connectivity index (χ1) is 15.7. The number of pyridine rings is 1. The molecule has 32 heavy (non-hydrogen) atoms. The second-order valence-electron chi connectivity index (χ2n) is 6.98. The molecule has 1 N–H and O–H groups in total. The van der Waals surface area contributed by atoms with Gasteiger partial charge in [0.1, 0.15) is 0 Å². The first kappa shape index (κ1) is 19.1. The highest BCUT2D eigenvalue weighted by molar-refractivity contribution is 6.04. The van der Waals surface area contributed by atoms with Gasteiger partial charge in [0.25, 0.3) is 5.91 Å². The van der Waals surface area contributed by atoms with Gasteiger partial charge in [-0.05, 0) is 54.6 Å². The van der Waals surface area contributed by atoms with Gasteiger partial charge in [0, 0.05) is 34.8 Å². The predicted molar refractivity (Wildman–Crippen MR) is 119 cm³/mol. The van der Waals surface area contributed by atoms with Crippen LogP contribution in [0.2, 0.25) is 0 Å². The Kier molecular flexibility index (Phi) is 4.82. The molecule has 0 aliphatic rings. The summed E-state index contributed by atoms with van der Waals surface area (Å²) in [5.74, 6) is 0.303. The number of anilines is 1. The van der Waals surface area contributed by atoms with E-state index in [1.165, 1.54) is 0 Å². The summed E-state index contributed by atoms with van der Waals surface area (Å²) in [5, 5.41) is 25.0. The van der Waals surface area contributed by atoms with Crippen molar-refractivity contribution in [3.63, 3.8) is 0 Å². The normalized spacial score (nSPS) is 10.6. The minimum absolute atomic E-state index is 0.291. The number of rotatable bonds is 4. The molecule has 0 aliphatic carbocycles. The van der Waals surface area contributed by atoms with Gasteiger partial charge in [-0.3, -0.25) is 9.78 Å². The molecule has 8 nitrogen and oxygen atoms in total. The summed E-state index contributed by atoms with van der Waals surface area (Å²) in [6.45, 7) is 0. The lowest BCUT2D eigenvalue weighted by Gasteiger charge is -2.08. The topological polar surface area (TPSA) is 109 Å². The van der Waals surface area contributed by atoms with Crippen LogP contribution in [0.4, 0.5) is 5.69 Å². The maximum Gasteiger partial charge on any atom is 0.255 e. The van der Waals surface area contributed by atoms with Crippen molar-refractivity contribution < 1.29 is 4.79 Å². The van der Waals surface area contributed by atoms with Gasteiger partial charge in [-0.25, -0.2) is 0 Å². The largest absolute Gasteiger partial charge is 0.322 e. The molecule has 3 aromatic heterocycles. The summed E-state index contributed by atoms with van der Waals surface area (Å²) in [5.41, 5.74) is 4.42. The average molecular weight is 417 g/mol. The van der Waals surface area contributed by atoms with Crippen molar-refractivity contribution >= 4 is 17.2 Å². The molecule has 0 saturated carbocycles. The Balaban J connectivity index is 1.46. The summed E-state index contributed by atoms with van der Waals surface area (Å²) < 4.78 is 1.67. The molecule has 0 bridgehead atoms. The van der Waals surface area contributed by atoms with Crippen LogP contribution in [-0.4, -0.2) is 30.7 Å². The SMILES string of the molecule is N#Cc1cccc(C(=O)Nc2cccc(-c3ccc4nnc(-c5cccnc5)n4n3)c2)c1. The van der Waals surface area contributed by atoms with Crippen molar-refractivity contribution in [2.24, 2.45) is 0 Å². The molecule has 0 spiro atoms. The summed E-state index contributed by atoms with van der Waals surface area (Å²) >= 11 is 0. The highest BCUT2D eigenvalue weighted by atomic mass is 16.1. The number of nitriles is 1. The fraction of sp³-hybridized carbons (Fsp3) is 0. The third-order valence-electron chi connectivity index (χ3n) is 4.85. The number of nitrogens with one attached hydrogen (secondary N) is 1. The molecular weight excluding hydrogens is 402 g/mol. The van der Waals surface area contributed by atoms with Crippen LogP contribution < -0.4 is 5.32 Å². The van der Waals surface area contributed by atoms with Gasteiger partial charge < -0.3 is 5.32 Å². The number of carbonyl (C=O) groups is 1. The van der Waals surface area contributed by atoms with E-state index < -0.39 is 0 Å². The lowest BCUT2D eigenvalue weighted by Crippen LogP contribution is -2.12. The Hall–Kier alpha value is -4.90. The van der Waals surface area contributed by atoms with E-state index in [0.29, 0.717) is 34.0 Å². The molecule has 0 unspecified atom stereocenters. The van der Waals surface area contributed by atoms with E-state index in [9.17, 15) is 4.79 Å². The summed E-state index contributed by atoms with van der Waals surface area (Å²) in [6, 6.07) is 23.4. The fourth-order valence-electron chi connectivity index (χ4n) is 3.31. The smallest absolute Gasteiger partial charge is 0.255 e. The first-order valence-electron chi connectivity index (χ1n) is 9.76. The Labute approximate surface area is 182 Å². The zero-order valence-electron chi connectivity index (χ0n) is 16.7. The molecule has 0 radical (unpaired) electrons. The number of fused-ring (bicyclic) bond motifs is 1. The van der Waals surface area contributed by atoms with Gasteiger partial charge in [0.05, 0.1) is 17.3 Å². The molecule has 3 heterocycles. The number of hydrogen-bond donors (Lipinski definition) is 1. The number of carbonyl (C=O) groups excluding carboxylic acids is 1. The number of benzene rings is 2. The van der Waals surface area contributed by atoms with E-state index in [0.717, 1.165) is 11.1 Å². The van der Waals surface area contributed by atoms with Gasteiger partial charge >= 0.3 is 0 Å². The third-order valence-corrected chi connectivity index (χ3v) is 4.85. The van der Waals surface area contributed by atoms with Crippen molar-refractivity contribution in [3.05, 3.63) is 96.3 Å². The van der Waals surface area contributed by atoms with Crippen LogP contribution in [0.3, 0.4) is 0 Å². The minimum Gasteiger partial charge on any atom is -0.322 e. The lowest BCUT2D eigenvalue weighted by atomic mass is 10.1. The van der Waals surface area contributed by atoms with Gasteiger partial charge in [-0.15, -0.1) is 10.2 Å². The van der Waals surface area contributed by atoms with Crippen LogP contribution in [0.15, 0.2) is 85.2 Å². The Bertz CT molecular complexity index is 1490. The van der Waals surface area contributed by atoms with Crippen LogP contribution >= 0.6 is 0 Å². The van der Waals surface area contributed by atoms with E-state index in [4.69, 9.17) is 10.4 Å². The second kappa shape index (κ2) is 8.08. The van der Waals surface area contributed by atoms with Crippen molar-refractivity contribution in [2.75, 3.05) is 5.32 Å². The molecule has 8 heteroatoms. The zero-order valence-corrected chi connectivity index (χ0v) is 16.7. The predicted octanol–water partition coefficient (Wildman–Crippen LogP) is 3.98. The second-order valence-corrected chi connectivity index (χ2v) is 6.98. The third kappa shape index (κ3) is 3.66. The van der Waals surface area contributed by atoms with Crippen LogP contribution in [0.5, 0.6) is 0 Å². The van der Waals surface area contributed by atoms with E-state index in [2.05, 4.69) is 20.5 Å². The Morgan fingerprint density at radius 1 is 0.938 bits per heavy atom. The molecule has 5 aromatic rings. The summed E-state index contributed by atoms with van der Waals surface area (Å²) in [6.07, 6.45) is 3.41. The Morgan fingerprint density at radius 3 is 2.66 bits per heavy atom. The highest BCUT2D eigenvalue weighted by Gasteiger charge is 2.12. The summed E-state index contributed by atoms with van der Waals surface area (Å²) in [4.78, 5) is 16.7. The molecule has 0 atom stereocenters. The first-order valence-corrected chi connectivity index (χ1v) is 9.76. The minimum atomic E-state index is -0.291. The van der Waals surface area contributed by atoms with Gasteiger partial charge in [-0.1, -0.05) is 18.2 Å². The maximum absolute atomic E-state index is 12.6. The molecular formula is C24H15N7O. The van der Waals surface area contributed by atoms with Crippen molar-refractivity contribution in [3.8, 4) is 28.7 Å².